The molecular formula is C16H23N3O2. The van der Waals surface area contributed by atoms with Gasteiger partial charge in [0, 0.05) is 18.3 Å². The molecule has 114 valence electrons. The average molecular weight is 289 g/mol. The highest BCUT2D eigenvalue weighted by Gasteiger charge is 2.34. The fraction of sp³-hybridized carbons (Fsp3) is 0.500. The van der Waals surface area contributed by atoms with E-state index in [0.717, 1.165) is 24.1 Å². The number of carbonyl (C=O) groups excluding carboxylic acids is 2. The van der Waals surface area contributed by atoms with Crippen molar-refractivity contribution in [2.75, 3.05) is 11.9 Å². The van der Waals surface area contributed by atoms with Crippen LogP contribution >= 0.6 is 0 Å². The lowest BCUT2D eigenvalue weighted by atomic mass is 10.2. The minimum atomic E-state index is -0.364. The molecule has 21 heavy (non-hydrogen) atoms. The summed E-state index contributed by atoms with van der Waals surface area (Å²) < 4.78 is 0. The van der Waals surface area contributed by atoms with Crippen LogP contribution in [0.15, 0.2) is 24.3 Å². The zero-order valence-corrected chi connectivity index (χ0v) is 12.8. The van der Waals surface area contributed by atoms with E-state index in [4.69, 9.17) is 0 Å². The van der Waals surface area contributed by atoms with Gasteiger partial charge < -0.3 is 15.5 Å². The molecular weight excluding hydrogens is 266 g/mol. The standard InChI is InChI=1S/C16H23N3O2/c1-11(2)17-15(20)14-8-5-9-19(14)16(21)18-13-7-4-6-12(3)10-13/h4,6-7,10-11,14H,5,8-9H2,1-3H3,(H,17,20)(H,18,21)/t14-/m1/s1. The normalized spacial score (nSPS) is 17.9. The first-order chi connectivity index (χ1) is 9.97. The van der Waals surface area contributed by atoms with Crippen LogP contribution in [-0.4, -0.2) is 35.5 Å². The third kappa shape index (κ3) is 3.97. The Hall–Kier alpha value is -2.04. The van der Waals surface area contributed by atoms with E-state index in [2.05, 4.69) is 10.6 Å². The molecule has 2 rings (SSSR count). The third-order valence-corrected chi connectivity index (χ3v) is 3.52. The van der Waals surface area contributed by atoms with Crippen molar-refractivity contribution in [1.29, 1.82) is 0 Å². The molecule has 0 aliphatic carbocycles. The minimum Gasteiger partial charge on any atom is -0.352 e. The molecule has 0 spiro atoms. The van der Waals surface area contributed by atoms with E-state index in [1.807, 2.05) is 45.0 Å². The van der Waals surface area contributed by atoms with Crippen molar-refractivity contribution < 1.29 is 9.59 Å². The molecule has 1 heterocycles. The van der Waals surface area contributed by atoms with Crippen LogP contribution in [0.25, 0.3) is 0 Å². The van der Waals surface area contributed by atoms with Crippen LogP contribution in [0.4, 0.5) is 10.5 Å². The molecule has 0 saturated carbocycles. The topological polar surface area (TPSA) is 61.4 Å². The summed E-state index contributed by atoms with van der Waals surface area (Å²) in [7, 11) is 0. The van der Waals surface area contributed by atoms with Gasteiger partial charge in [-0.05, 0) is 51.3 Å². The lowest BCUT2D eigenvalue weighted by Gasteiger charge is -2.25. The zero-order chi connectivity index (χ0) is 15.4. The molecule has 1 aliphatic heterocycles. The van der Waals surface area contributed by atoms with E-state index in [9.17, 15) is 9.59 Å². The molecule has 0 radical (unpaired) electrons. The van der Waals surface area contributed by atoms with E-state index >= 15 is 0 Å². The molecule has 1 aliphatic rings. The second kappa shape index (κ2) is 6.61. The second-order valence-corrected chi connectivity index (χ2v) is 5.81. The average Bonchev–Trinajstić information content (AvgIpc) is 2.87. The second-order valence-electron chi connectivity index (χ2n) is 5.81. The van der Waals surface area contributed by atoms with E-state index in [1.54, 1.807) is 4.90 Å². The van der Waals surface area contributed by atoms with Gasteiger partial charge in [0.25, 0.3) is 0 Å². The summed E-state index contributed by atoms with van der Waals surface area (Å²) in [5.41, 5.74) is 1.85. The first kappa shape index (κ1) is 15.4. The Morgan fingerprint density at radius 2 is 2.10 bits per heavy atom. The molecule has 0 aromatic heterocycles. The van der Waals surface area contributed by atoms with Crippen LogP contribution < -0.4 is 10.6 Å². The van der Waals surface area contributed by atoms with Gasteiger partial charge in [-0.25, -0.2) is 4.79 Å². The Balaban J connectivity index is 2.02. The number of aryl methyl sites for hydroxylation is 1. The maximum atomic E-state index is 12.4. The minimum absolute atomic E-state index is 0.0677. The summed E-state index contributed by atoms with van der Waals surface area (Å²) in [4.78, 5) is 26.1. The Kier molecular flexibility index (Phi) is 4.83. The molecule has 5 heteroatoms. The van der Waals surface area contributed by atoms with Crippen LogP contribution in [0.1, 0.15) is 32.3 Å². The molecule has 0 unspecified atom stereocenters. The van der Waals surface area contributed by atoms with Crippen LogP contribution in [0.3, 0.4) is 0 Å². The maximum absolute atomic E-state index is 12.4. The van der Waals surface area contributed by atoms with Gasteiger partial charge in [-0.1, -0.05) is 12.1 Å². The monoisotopic (exact) mass is 289 g/mol. The van der Waals surface area contributed by atoms with Crippen molar-refractivity contribution in [2.24, 2.45) is 0 Å². The molecule has 0 bridgehead atoms. The molecule has 5 nitrogen and oxygen atoms in total. The van der Waals surface area contributed by atoms with Gasteiger partial charge in [0.1, 0.15) is 6.04 Å². The quantitative estimate of drug-likeness (QED) is 0.898. The summed E-state index contributed by atoms with van der Waals surface area (Å²) in [5, 5.41) is 5.75. The van der Waals surface area contributed by atoms with Gasteiger partial charge in [0.05, 0.1) is 0 Å². The van der Waals surface area contributed by atoms with E-state index in [0.29, 0.717) is 6.54 Å². The van der Waals surface area contributed by atoms with Crippen molar-refractivity contribution in [2.45, 2.75) is 45.7 Å². The first-order valence-corrected chi connectivity index (χ1v) is 7.42. The van der Waals surface area contributed by atoms with Crippen LogP contribution in [-0.2, 0) is 4.79 Å². The maximum Gasteiger partial charge on any atom is 0.322 e. The predicted molar refractivity (Wildman–Crippen MR) is 83.2 cm³/mol. The molecule has 1 atom stereocenters. The number of nitrogens with zero attached hydrogens (tertiary/aromatic N) is 1. The predicted octanol–water partition coefficient (Wildman–Crippen LogP) is 2.52. The Morgan fingerprint density at radius 3 is 2.76 bits per heavy atom. The molecule has 3 amide bonds. The van der Waals surface area contributed by atoms with Gasteiger partial charge in [-0.3, -0.25) is 4.79 Å². The molecule has 1 aromatic carbocycles. The zero-order valence-electron chi connectivity index (χ0n) is 12.8. The highest BCUT2D eigenvalue weighted by molar-refractivity contribution is 5.94. The molecule has 2 N–H and O–H groups in total. The number of amides is 3. The van der Waals surface area contributed by atoms with E-state index < -0.39 is 0 Å². The lowest BCUT2D eigenvalue weighted by Crippen LogP contribution is -2.48. The Bertz CT molecular complexity index is 528. The number of rotatable bonds is 3. The highest BCUT2D eigenvalue weighted by atomic mass is 16.2. The van der Waals surface area contributed by atoms with Crippen LogP contribution in [0, 0.1) is 6.92 Å². The van der Waals surface area contributed by atoms with Crippen molar-refractivity contribution in [3.63, 3.8) is 0 Å². The SMILES string of the molecule is Cc1cccc(NC(=O)N2CCC[C@@H]2C(=O)NC(C)C)c1. The lowest BCUT2D eigenvalue weighted by molar-refractivity contribution is -0.125. The fourth-order valence-electron chi connectivity index (χ4n) is 2.58. The Labute approximate surface area is 125 Å². The van der Waals surface area contributed by atoms with Gasteiger partial charge in [-0.2, -0.15) is 0 Å². The number of hydrogen-bond acceptors (Lipinski definition) is 2. The first-order valence-electron chi connectivity index (χ1n) is 7.42. The van der Waals surface area contributed by atoms with Gasteiger partial charge in [0.15, 0.2) is 0 Å². The number of hydrogen-bond donors (Lipinski definition) is 2. The number of carbonyl (C=O) groups is 2. The van der Waals surface area contributed by atoms with E-state index in [-0.39, 0.29) is 24.0 Å². The smallest absolute Gasteiger partial charge is 0.322 e. The summed E-state index contributed by atoms with van der Waals surface area (Å²) in [6, 6.07) is 7.16. The van der Waals surface area contributed by atoms with Crippen LogP contribution in [0.2, 0.25) is 0 Å². The van der Waals surface area contributed by atoms with Crippen molar-refractivity contribution in [3.8, 4) is 0 Å². The van der Waals surface area contributed by atoms with Crippen molar-refractivity contribution in [1.82, 2.24) is 10.2 Å². The summed E-state index contributed by atoms with van der Waals surface area (Å²) in [6.07, 6.45) is 1.58. The van der Waals surface area contributed by atoms with Gasteiger partial charge in [0.2, 0.25) is 5.91 Å². The third-order valence-electron chi connectivity index (χ3n) is 3.52. The number of benzene rings is 1. The number of anilines is 1. The van der Waals surface area contributed by atoms with E-state index in [1.165, 1.54) is 0 Å². The molecule has 1 saturated heterocycles. The summed E-state index contributed by atoms with van der Waals surface area (Å²) in [5.74, 6) is -0.0677. The van der Waals surface area contributed by atoms with Gasteiger partial charge in [-0.15, -0.1) is 0 Å². The highest BCUT2D eigenvalue weighted by Crippen LogP contribution is 2.19. The van der Waals surface area contributed by atoms with Crippen molar-refractivity contribution in [3.05, 3.63) is 29.8 Å². The molecule has 1 fully saturated rings. The fourth-order valence-corrected chi connectivity index (χ4v) is 2.58. The summed E-state index contributed by atoms with van der Waals surface area (Å²) >= 11 is 0. The number of nitrogens with one attached hydrogen (secondary N) is 2. The Morgan fingerprint density at radius 1 is 1.33 bits per heavy atom. The molecule has 1 aromatic rings. The van der Waals surface area contributed by atoms with Crippen LogP contribution in [0.5, 0.6) is 0 Å². The van der Waals surface area contributed by atoms with Crippen molar-refractivity contribution >= 4 is 17.6 Å². The number of likely N-dealkylation sites (tertiary alicyclic amines) is 1. The summed E-state index contributed by atoms with van der Waals surface area (Å²) in [6.45, 7) is 6.44. The largest absolute Gasteiger partial charge is 0.352 e. The van der Waals surface area contributed by atoms with Gasteiger partial charge >= 0.3 is 6.03 Å². The number of urea groups is 1.